The molecule has 0 saturated heterocycles. The molecule has 1 N–H and O–H groups in total. The van der Waals surface area contributed by atoms with Gasteiger partial charge in [0.25, 0.3) is 0 Å². The van der Waals surface area contributed by atoms with Crippen LogP contribution in [0.4, 0.5) is 0 Å². The van der Waals surface area contributed by atoms with E-state index in [4.69, 9.17) is 4.74 Å². The van der Waals surface area contributed by atoms with Crippen LogP contribution in [0.15, 0.2) is 48.6 Å². The molecule has 1 aromatic carbocycles. The van der Waals surface area contributed by atoms with E-state index in [1.54, 1.807) is 6.08 Å². The summed E-state index contributed by atoms with van der Waals surface area (Å²) in [5.74, 6) is 1.36. The first-order valence-corrected chi connectivity index (χ1v) is 7.41. The summed E-state index contributed by atoms with van der Waals surface area (Å²) in [6.07, 6.45) is 7.96. The summed E-state index contributed by atoms with van der Waals surface area (Å²) in [5, 5.41) is 2.86. The molecule has 0 aliphatic rings. The number of para-hydroxylation sites is 1. The van der Waals surface area contributed by atoms with Gasteiger partial charge in [0.05, 0.1) is 6.61 Å². The first-order chi connectivity index (χ1) is 10.1. The predicted octanol–water partition coefficient (Wildman–Crippen LogP) is 3.86. The van der Waals surface area contributed by atoms with E-state index in [2.05, 4.69) is 19.2 Å². The third-order valence-corrected chi connectivity index (χ3v) is 2.93. The van der Waals surface area contributed by atoms with Crippen molar-refractivity contribution in [2.75, 3.05) is 6.61 Å². The van der Waals surface area contributed by atoms with Crippen molar-refractivity contribution in [2.45, 2.75) is 33.7 Å². The summed E-state index contributed by atoms with van der Waals surface area (Å²) in [7, 11) is 0. The summed E-state index contributed by atoms with van der Waals surface area (Å²) in [5.41, 5.74) is 0.994. The van der Waals surface area contributed by atoms with Crippen LogP contribution in [-0.2, 0) is 11.3 Å². The van der Waals surface area contributed by atoms with Crippen molar-refractivity contribution in [1.29, 1.82) is 0 Å². The molecule has 1 aromatic rings. The van der Waals surface area contributed by atoms with E-state index in [1.807, 2.05) is 43.3 Å². The Morgan fingerprint density at radius 3 is 2.76 bits per heavy atom. The molecule has 0 bridgehead atoms. The maximum Gasteiger partial charge on any atom is 0.244 e. The number of allylic oxidation sites excluding steroid dienone is 3. The van der Waals surface area contributed by atoms with Gasteiger partial charge >= 0.3 is 0 Å². The Balaban J connectivity index is 2.52. The summed E-state index contributed by atoms with van der Waals surface area (Å²) in [6.45, 7) is 7.42. The van der Waals surface area contributed by atoms with Gasteiger partial charge in [0.15, 0.2) is 0 Å². The SMILES string of the molecule is C/C=C/C=C/C(=O)NCc1ccccc1OCCC(C)C. The standard InChI is InChI=1S/C18H25NO2/c1-4-5-6-11-18(20)19-14-16-9-7-8-10-17(16)21-13-12-15(2)3/h4-11,15H,12-14H2,1-3H3,(H,19,20)/b5-4+,11-6+. The predicted molar refractivity (Wildman–Crippen MR) is 87.2 cm³/mol. The fourth-order valence-corrected chi connectivity index (χ4v) is 1.69. The van der Waals surface area contributed by atoms with E-state index < -0.39 is 0 Å². The van der Waals surface area contributed by atoms with Crippen molar-refractivity contribution >= 4 is 5.91 Å². The van der Waals surface area contributed by atoms with Crippen LogP contribution in [0.2, 0.25) is 0 Å². The van der Waals surface area contributed by atoms with Crippen molar-refractivity contribution in [1.82, 2.24) is 5.32 Å². The summed E-state index contributed by atoms with van der Waals surface area (Å²) < 4.78 is 5.80. The number of ether oxygens (including phenoxy) is 1. The average molecular weight is 287 g/mol. The van der Waals surface area contributed by atoms with Gasteiger partial charge in [0, 0.05) is 18.2 Å². The van der Waals surface area contributed by atoms with E-state index in [-0.39, 0.29) is 5.91 Å². The molecule has 3 heteroatoms. The molecule has 1 amide bonds. The molecular weight excluding hydrogens is 262 g/mol. The van der Waals surface area contributed by atoms with Gasteiger partial charge in [-0.25, -0.2) is 0 Å². The van der Waals surface area contributed by atoms with Gasteiger partial charge < -0.3 is 10.1 Å². The Kier molecular flexibility index (Phi) is 7.95. The molecule has 0 radical (unpaired) electrons. The Hall–Kier alpha value is -2.03. The Morgan fingerprint density at radius 2 is 2.05 bits per heavy atom. The zero-order valence-electron chi connectivity index (χ0n) is 13.1. The van der Waals surface area contributed by atoms with Gasteiger partial charge in [-0.05, 0) is 25.3 Å². The third kappa shape index (κ3) is 7.35. The maximum atomic E-state index is 11.6. The van der Waals surface area contributed by atoms with E-state index in [9.17, 15) is 4.79 Å². The average Bonchev–Trinajstić information content (AvgIpc) is 2.46. The molecule has 1 rings (SSSR count). The summed E-state index contributed by atoms with van der Waals surface area (Å²) >= 11 is 0. The van der Waals surface area contributed by atoms with Crippen LogP contribution in [0.3, 0.4) is 0 Å². The van der Waals surface area contributed by atoms with Crippen LogP contribution in [0.5, 0.6) is 5.75 Å². The first kappa shape index (κ1) is 17.0. The van der Waals surface area contributed by atoms with E-state index in [1.165, 1.54) is 6.08 Å². The van der Waals surface area contributed by atoms with E-state index in [0.29, 0.717) is 19.1 Å². The quantitative estimate of drug-likeness (QED) is 0.582. The minimum absolute atomic E-state index is 0.106. The first-order valence-electron chi connectivity index (χ1n) is 7.41. The minimum atomic E-state index is -0.106. The lowest BCUT2D eigenvalue weighted by Gasteiger charge is -2.12. The highest BCUT2D eigenvalue weighted by molar-refractivity contribution is 5.87. The molecule has 21 heavy (non-hydrogen) atoms. The molecule has 0 aromatic heterocycles. The monoisotopic (exact) mass is 287 g/mol. The molecule has 0 heterocycles. The van der Waals surface area contributed by atoms with Gasteiger partial charge in [-0.2, -0.15) is 0 Å². The van der Waals surface area contributed by atoms with Crippen LogP contribution < -0.4 is 10.1 Å². The van der Waals surface area contributed by atoms with Gasteiger partial charge in [-0.15, -0.1) is 0 Å². The molecule has 0 aliphatic carbocycles. The Bertz CT molecular complexity index is 490. The molecule has 114 valence electrons. The molecule has 0 saturated carbocycles. The zero-order valence-corrected chi connectivity index (χ0v) is 13.1. The lowest BCUT2D eigenvalue weighted by Crippen LogP contribution is -2.20. The number of rotatable bonds is 8. The number of nitrogens with one attached hydrogen (secondary N) is 1. The molecule has 0 fully saturated rings. The van der Waals surface area contributed by atoms with Crippen LogP contribution >= 0.6 is 0 Å². The molecule has 0 atom stereocenters. The van der Waals surface area contributed by atoms with Crippen molar-refractivity contribution in [3.8, 4) is 5.75 Å². The minimum Gasteiger partial charge on any atom is -0.493 e. The topological polar surface area (TPSA) is 38.3 Å². The van der Waals surface area contributed by atoms with Gasteiger partial charge in [0.1, 0.15) is 5.75 Å². The number of carbonyl (C=O) groups excluding carboxylic acids is 1. The highest BCUT2D eigenvalue weighted by Crippen LogP contribution is 2.18. The number of hydrogen-bond acceptors (Lipinski definition) is 2. The number of amides is 1. The zero-order chi connectivity index (χ0) is 15.5. The molecular formula is C18H25NO2. The Morgan fingerprint density at radius 1 is 1.29 bits per heavy atom. The van der Waals surface area contributed by atoms with Gasteiger partial charge in [-0.3, -0.25) is 4.79 Å². The fraction of sp³-hybridized carbons (Fsp3) is 0.389. The Labute approximate surface area is 127 Å². The number of benzene rings is 1. The van der Waals surface area contributed by atoms with E-state index in [0.717, 1.165) is 17.7 Å². The number of hydrogen-bond donors (Lipinski definition) is 1. The van der Waals surface area contributed by atoms with Gasteiger partial charge in [0.2, 0.25) is 5.91 Å². The van der Waals surface area contributed by atoms with Crippen LogP contribution in [0.1, 0.15) is 32.8 Å². The van der Waals surface area contributed by atoms with E-state index >= 15 is 0 Å². The lowest BCUT2D eigenvalue weighted by atomic mass is 10.1. The number of carbonyl (C=O) groups is 1. The van der Waals surface area contributed by atoms with Crippen LogP contribution in [0.25, 0.3) is 0 Å². The maximum absolute atomic E-state index is 11.6. The lowest BCUT2D eigenvalue weighted by molar-refractivity contribution is -0.116. The second-order valence-corrected chi connectivity index (χ2v) is 5.24. The summed E-state index contributed by atoms with van der Waals surface area (Å²) in [6, 6.07) is 7.81. The fourth-order valence-electron chi connectivity index (χ4n) is 1.69. The summed E-state index contributed by atoms with van der Waals surface area (Å²) in [4.78, 5) is 11.6. The van der Waals surface area contributed by atoms with Crippen molar-refractivity contribution in [3.05, 3.63) is 54.1 Å². The van der Waals surface area contributed by atoms with Crippen LogP contribution in [-0.4, -0.2) is 12.5 Å². The van der Waals surface area contributed by atoms with Gasteiger partial charge in [-0.1, -0.05) is 50.3 Å². The molecule has 0 spiro atoms. The van der Waals surface area contributed by atoms with Crippen LogP contribution in [0, 0.1) is 5.92 Å². The highest BCUT2D eigenvalue weighted by Gasteiger charge is 2.04. The molecule has 0 aliphatic heterocycles. The van der Waals surface area contributed by atoms with Crippen molar-refractivity contribution in [2.24, 2.45) is 5.92 Å². The third-order valence-electron chi connectivity index (χ3n) is 2.93. The second kappa shape index (κ2) is 9.81. The smallest absolute Gasteiger partial charge is 0.244 e. The normalized spacial score (nSPS) is 11.4. The largest absolute Gasteiger partial charge is 0.493 e. The highest BCUT2D eigenvalue weighted by atomic mass is 16.5. The second-order valence-electron chi connectivity index (χ2n) is 5.24. The molecule has 0 unspecified atom stereocenters. The van der Waals surface area contributed by atoms with Crippen molar-refractivity contribution in [3.63, 3.8) is 0 Å². The van der Waals surface area contributed by atoms with Crippen molar-refractivity contribution < 1.29 is 9.53 Å². The molecule has 3 nitrogen and oxygen atoms in total.